The Balaban J connectivity index is 4.38. The smallest absolute Gasteiger partial charge is 0.351 e. The first-order chi connectivity index (χ1) is 6.63. The Morgan fingerprint density at radius 2 is 1.64 bits per heavy atom. The molecule has 0 amide bonds. The topological polar surface area (TPSA) is 18.5 Å². The molecule has 1 unspecified atom stereocenters. The quantitative estimate of drug-likeness (QED) is 0.500. The van der Waals surface area contributed by atoms with Crippen molar-refractivity contribution in [2.24, 2.45) is 0 Å². The van der Waals surface area contributed by atoms with Crippen LogP contribution in [0.3, 0.4) is 0 Å². The normalized spacial score (nSPS) is 14.4. The van der Waals surface area contributed by atoms with Crippen LogP contribution in [0, 0.1) is 0 Å². The fourth-order valence-electron chi connectivity index (χ4n) is 1.53. The van der Waals surface area contributed by atoms with E-state index in [0.29, 0.717) is 4.45 Å². The molecule has 0 aliphatic rings. The molecule has 14 heavy (non-hydrogen) atoms. The van der Waals surface area contributed by atoms with Crippen LogP contribution < -0.4 is 0 Å². The summed E-state index contributed by atoms with van der Waals surface area (Å²) in [5.74, 6) is 0. The molecule has 0 bridgehead atoms. The second-order valence-corrected chi connectivity index (χ2v) is 9.18. The van der Waals surface area contributed by atoms with Crippen LogP contribution in [0.2, 0.25) is 6.04 Å². The first-order valence-electron chi connectivity index (χ1n) is 5.54. The first-order valence-corrected chi connectivity index (χ1v) is 8.56. The largest absolute Gasteiger partial charge is 0.394 e. The summed E-state index contributed by atoms with van der Waals surface area (Å²) in [5, 5.41) is 0. The van der Waals surface area contributed by atoms with E-state index < -0.39 is 8.56 Å². The number of hydrogen-bond acceptors (Lipinski definition) is 2. The van der Waals surface area contributed by atoms with Gasteiger partial charge in [-0.15, -0.1) is 0 Å². The second-order valence-electron chi connectivity index (χ2n) is 3.40. The van der Waals surface area contributed by atoms with Crippen LogP contribution >= 0.6 is 15.9 Å². The van der Waals surface area contributed by atoms with E-state index in [2.05, 4.69) is 29.8 Å². The number of hydrogen-bond donors (Lipinski definition) is 0. The van der Waals surface area contributed by atoms with E-state index in [1.807, 2.05) is 13.8 Å². The lowest BCUT2D eigenvalue weighted by molar-refractivity contribution is 0.181. The van der Waals surface area contributed by atoms with Gasteiger partial charge in [0.05, 0.1) is 4.45 Å². The highest BCUT2D eigenvalue weighted by Gasteiger charge is 2.41. The van der Waals surface area contributed by atoms with Crippen LogP contribution in [-0.4, -0.2) is 26.2 Å². The van der Waals surface area contributed by atoms with E-state index in [1.54, 1.807) is 0 Å². The van der Waals surface area contributed by atoms with Crippen LogP contribution in [0.4, 0.5) is 0 Å². The van der Waals surface area contributed by atoms with Gasteiger partial charge in [0.2, 0.25) is 0 Å². The van der Waals surface area contributed by atoms with Crippen molar-refractivity contribution < 1.29 is 8.85 Å². The Bertz CT molecular complexity index is 136. The number of unbranched alkanes of at least 4 members (excludes halogenated alkanes) is 1. The standard InChI is InChI=1S/C10H23BrO2Si/c1-5-8-9-14(10(4)11,12-6-2)13-7-3/h10H,5-9H2,1-4H3. The molecule has 0 saturated heterocycles. The Morgan fingerprint density at radius 1 is 1.14 bits per heavy atom. The summed E-state index contributed by atoms with van der Waals surface area (Å²) >= 11 is 3.64. The summed E-state index contributed by atoms with van der Waals surface area (Å²) < 4.78 is 12.2. The van der Waals surface area contributed by atoms with Crippen LogP contribution in [0.1, 0.15) is 40.5 Å². The Hall–Kier alpha value is 0.617. The van der Waals surface area contributed by atoms with E-state index in [1.165, 1.54) is 12.8 Å². The maximum Gasteiger partial charge on any atom is 0.351 e. The first kappa shape index (κ1) is 14.6. The molecule has 0 aromatic heterocycles. The molecule has 0 heterocycles. The average Bonchev–Trinajstić information content (AvgIpc) is 2.14. The summed E-state index contributed by atoms with van der Waals surface area (Å²) in [7, 11) is -1.98. The van der Waals surface area contributed by atoms with Crippen molar-refractivity contribution in [2.75, 3.05) is 13.2 Å². The van der Waals surface area contributed by atoms with Crippen LogP contribution in [0.25, 0.3) is 0 Å². The van der Waals surface area contributed by atoms with Crippen molar-refractivity contribution in [3.8, 4) is 0 Å². The minimum Gasteiger partial charge on any atom is -0.394 e. The third-order valence-corrected chi connectivity index (χ3v) is 8.17. The lowest BCUT2D eigenvalue weighted by Gasteiger charge is -2.32. The van der Waals surface area contributed by atoms with Crippen molar-refractivity contribution in [3.63, 3.8) is 0 Å². The van der Waals surface area contributed by atoms with Gasteiger partial charge in [-0.05, 0) is 19.9 Å². The van der Waals surface area contributed by atoms with Gasteiger partial charge in [-0.25, -0.2) is 0 Å². The van der Waals surface area contributed by atoms with E-state index in [9.17, 15) is 0 Å². The Morgan fingerprint density at radius 3 is 1.93 bits per heavy atom. The van der Waals surface area contributed by atoms with Crippen molar-refractivity contribution in [3.05, 3.63) is 0 Å². The number of halogens is 1. The van der Waals surface area contributed by atoms with Crippen molar-refractivity contribution in [2.45, 2.75) is 51.0 Å². The van der Waals surface area contributed by atoms with Crippen LogP contribution in [-0.2, 0) is 8.85 Å². The zero-order valence-corrected chi connectivity index (χ0v) is 12.4. The molecule has 0 radical (unpaired) electrons. The molecule has 0 spiro atoms. The Labute approximate surface area is 97.7 Å². The third-order valence-electron chi connectivity index (χ3n) is 2.26. The van der Waals surface area contributed by atoms with Crippen molar-refractivity contribution in [1.82, 2.24) is 0 Å². The molecule has 0 saturated carbocycles. The molecule has 1 atom stereocenters. The predicted molar refractivity (Wildman–Crippen MR) is 67.1 cm³/mol. The van der Waals surface area contributed by atoms with Crippen LogP contribution in [0.5, 0.6) is 0 Å². The predicted octanol–water partition coefficient (Wildman–Crippen LogP) is 3.62. The summed E-state index contributed by atoms with van der Waals surface area (Å²) in [6.45, 7) is 9.95. The molecule has 86 valence electrons. The van der Waals surface area contributed by atoms with Gasteiger partial charge in [0.15, 0.2) is 0 Å². The maximum atomic E-state index is 5.90. The van der Waals surface area contributed by atoms with Gasteiger partial charge >= 0.3 is 8.56 Å². The van der Waals surface area contributed by atoms with E-state index in [0.717, 1.165) is 19.3 Å². The van der Waals surface area contributed by atoms with E-state index in [4.69, 9.17) is 8.85 Å². The molecule has 0 aliphatic carbocycles. The summed E-state index contributed by atoms with van der Waals surface area (Å²) in [4.78, 5) is 0. The average molecular weight is 283 g/mol. The molecule has 0 aromatic carbocycles. The SMILES string of the molecule is CCCC[Si](OCC)(OCC)C(C)Br. The fourth-order valence-corrected chi connectivity index (χ4v) is 6.06. The minimum absolute atomic E-state index is 0.362. The van der Waals surface area contributed by atoms with Crippen LogP contribution in [0.15, 0.2) is 0 Å². The van der Waals surface area contributed by atoms with Crippen molar-refractivity contribution >= 4 is 24.5 Å². The highest BCUT2D eigenvalue weighted by molar-refractivity contribution is 9.10. The highest BCUT2D eigenvalue weighted by Crippen LogP contribution is 2.26. The minimum atomic E-state index is -1.98. The van der Waals surface area contributed by atoms with Gasteiger partial charge in [-0.1, -0.05) is 42.6 Å². The summed E-state index contributed by atoms with van der Waals surface area (Å²) in [6, 6.07) is 1.09. The summed E-state index contributed by atoms with van der Waals surface area (Å²) in [6.07, 6.45) is 2.40. The Kier molecular flexibility index (Phi) is 8.20. The summed E-state index contributed by atoms with van der Waals surface area (Å²) in [5.41, 5.74) is 0. The van der Waals surface area contributed by atoms with E-state index in [-0.39, 0.29) is 0 Å². The monoisotopic (exact) mass is 282 g/mol. The van der Waals surface area contributed by atoms with Gasteiger partial charge in [-0.2, -0.15) is 0 Å². The van der Waals surface area contributed by atoms with Gasteiger partial charge in [-0.3, -0.25) is 0 Å². The van der Waals surface area contributed by atoms with Gasteiger partial charge in [0, 0.05) is 13.2 Å². The highest BCUT2D eigenvalue weighted by atomic mass is 79.9. The van der Waals surface area contributed by atoms with Gasteiger partial charge < -0.3 is 8.85 Å². The molecule has 2 nitrogen and oxygen atoms in total. The molecule has 0 aromatic rings. The molecular weight excluding hydrogens is 260 g/mol. The molecular formula is C10H23BrO2Si. The number of alkyl halides is 1. The van der Waals surface area contributed by atoms with Crippen molar-refractivity contribution in [1.29, 1.82) is 0 Å². The van der Waals surface area contributed by atoms with E-state index >= 15 is 0 Å². The molecule has 0 fully saturated rings. The maximum absolute atomic E-state index is 5.90. The molecule has 0 N–H and O–H groups in total. The van der Waals surface area contributed by atoms with Gasteiger partial charge in [0.1, 0.15) is 0 Å². The zero-order valence-electron chi connectivity index (χ0n) is 9.81. The third kappa shape index (κ3) is 4.42. The molecule has 0 aliphatic heterocycles. The van der Waals surface area contributed by atoms with Gasteiger partial charge in [0.25, 0.3) is 0 Å². The second kappa shape index (κ2) is 7.85. The molecule has 4 heteroatoms. The zero-order chi connectivity index (χ0) is 11.0. The number of rotatable bonds is 8. The lowest BCUT2D eigenvalue weighted by atomic mass is 10.4. The fraction of sp³-hybridized carbons (Fsp3) is 1.00. The lowest BCUT2D eigenvalue weighted by Crippen LogP contribution is -2.49. The molecule has 0 rings (SSSR count).